The van der Waals surface area contributed by atoms with Gasteiger partial charge in [-0.2, -0.15) is 0 Å². The second-order valence-electron chi connectivity index (χ2n) is 11.7. The molecule has 0 bridgehead atoms. The van der Waals surface area contributed by atoms with Crippen LogP contribution in [0.15, 0.2) is 80.0 Å². The van der Waals surface area contributed by atoms with Gasteiger partial charge in [0.25, 0.3) is 0 Å². The van der Waals surface area contributed by atoms with Crippen molar-refractivity contribution in [3.05, 3.63) is 81.4 Å². The Kier molecular flexibility index (Phi) is 10.2. The fourth-order valence-corrected chi connectivity index (χ4v) is 6.99. The van der Waals surface area contributed by atoms with Gasteiger partial charge < -0.3 is 15.4 Å². The van der Waals surface area contributed by atoms with Crippen LogP contribution in [0.1, 0.15) is 57.6 Å². The van der Waals surface area contributed by atoms with Gasteiger partial charge in [-0.1, -0.05) is 36.7 Å². The van der Waals surface area contributed by atoms with Crippen LogP contribution in [0.3, 0.4) is 0 Å². The molecule has 0 saturated carbocycles. The Hall–Kier alpha value is -2.79. The maximum absolute atomic E-state index is 14.2. The van der Waals surface area contributed by atoms with E-state index in [-0.39, 0.29) is 11.1 Å². The van der Waals surface area contributed by atoms with Gasteiger partial charge in [-0.25, -0.2) is 14.2 Å². The molecule has 4 aliphatic rings. The number of allylic oxidation sites excluding steroid dienone is 3. The molecule has 2 unspecified atom stereocenters. The van der Waals surface area contributed by atoms with Crippen LogP contribution in [0.2, 0.25) is 5.02 Å². The minimum atomic E-state index is -0.904. The van der Waals surface area contributed by atoms with Crippen molar-refractivity contribution in [3.63, 3.8) is 0 Å². The van der Waals surface area contributed by atoms with Gasteiger partial charge in [0.05, 0.1) is 29.4 Å². The summed E-state index contributed by atoms with van der Waals surface area (Å²) in [6, 6.07) is 3.72. The molecular weight excluding hydrogens is 590 g/mol. The van der Waals surface area contributed by atoms with Crippen molar-refractivity contribution in [2.24, 2.45) is 20.4 Å². The summed E-state index contributed by atoms with van der Waals surface area (Å²) in [6.45, 7) is 8.53. The standard InChI is InChI=1S/C32H39ClF2N6OS/c1-20(34)7-9-22-10-12-25(38-22)29-27-17-32(2,31(42)26-6-4-5-13-37-40-26)19-41(27)28(18-43-15-14-36-3)39-30(29)23-11-8-21(35)16-24(23)33/h6,8,10-12,14-16,20,22,30-31,37,40,42H,3-5,7,9,13,17-19H2,1-2H3/b15-14-/t20-,22?,30+,31?,32-/m1/s1. The monoisotopic (exact) mass is 628 g/mol. The van der Waals surface area contributed by atoms with Gasteiger partial charge in [-0.05, 0) is 69.4 Å². The number of alkyl halides is 1. The van der Waals surface area contributed by atoms with Crippen molar-refractivity contribution in [1.29, 1.82) is 0 Å². The lowest BCUT2D eigenvalue weighted by molar-refractivity contribution is 0.0700. The molecule has 1 saturated heterocycles. The quantitative estimate of drug-likeness (QED) is 0.245. The van der Waals surface area contributed by atoms with E-state index in [9.17, 15) is 13.9 Å². The summed E-state index contributed by atoms with van der Waals surface area (Å²) < 4.78 is 27.8. The van der Waals surface area contributed by atoms with Gasteiger partial charge in [0, 0.05) is 46.6 Å². The SMILES string of the molecule is C=N/C=C\SCC1=N[C@@H](c2ccc(F)cc2Cl)C(C2=NC(CC[C@@H](C)F)C=C2)=C2C[C@@](C)(C(O)C3=CCCCNN3)CN12. The molecule has 0 spiro atoms. The number of nitrogens with zero attached hydrogens (tertiary/aromatic N) is 4. The highest BCUT2D eigenvalue weighted by Crippen LogP contribution is 2.49. The summed E-state index contributed by atoms with van der Waals surface area (Å²) in [5.74, 6) is 0.951. The number of benzene rings is 1. The number of hydrogen-bond acceptors (Lipinski definition) is 8. The number of nitrogens with one attached hydrogen (secondary N) is 2. The third-order valence-corrected chi connectivity index (χ3v) is 9.36. The van der Waals surface area contributed by atoms with Gasteiger partial charge in [-0.3, -0.25) is 15.0 Å². The average molecular weight is 629 g/mol. The normalized spacial score (nSPS) is 26.9. The first-order chi connectivity index (χ1) is 20.7. The Morgan fingerprint density at radius 2 is 2.21 bits per heavy atom. The number of fused-ring (bicyclic) bond motifs is 1. The first-order valence-corrected chi connectivity index (χ1v) is 16.1. The molecule has 1 aromatic rings. The van der Waals surface area contributed by atoms with Crippen LogP contribution in [0.4, 0.5) is 8.78 Å². The minimum absolute atomic E-state index is 0.138. The molecule has 1 fully saturated rings. The van der Waals surface area contributed by atoms with Gasteiger partial charge >= 0.3 is 0 Å². The molecule has 7 nitrogen and oxygen atoms in total. The first-order valence-electron chi connectivity index (χ1n) is 14.7. The zero-order valence-corrected chi connectivity index (χ0v) is 26.1. The van der Waals surface area contributed by atoms with Crippen molar-refractivity contribution in [2.75, 3.05) is 18.8 Å². The summed E-state index contributed by atoms with van der Waals surface area (Å²) in [5, 5.41) is 13.9. The van der Waals surface area contributed by atoms with E-state index in [1.807, 2.05) is 17.6 Å². The Bertz CT molecular complexity index is 1410. The highest BCUT2D eigenvalue weighted by molar-refractivity contribution is 8.02. The van der Waals surface area contributed by atoms with Crippen molar-refractivity contribution in [3.8, 4) is 0 Å². The van der Waals surface area contributed by atoms with E-state index in [2.05, 4.69) is 40.5 Å². The molecule has 0 aliphatic carbocycles. The number of hydrogen-bond donors (Lipinski definition) is 3. The fraction of sp³-hybridized carbons (Fsp3) is 0.469. The number of aliphatic hydroxyl groups excluding tert-OH is 1. The largest absolute Gasteiger partial charge is 0.386 e. The summed E-state index contributed by atoms with van der Waals surface area (Å²) in [5.41, 5.74) is 9.96. The summed E-state index contributed by atoms with van der Waals surface area (Å²) >= 11 is 8.21. The van der Waals surface area contributed by atoms with Crippen molar-refractivity contribution >= 4 is 41.6 Å². The topological polar surface area (TPSA) is 84.6 Å². The molecule has 4 heterocycles. The summed E-state index contributed by atoms with van der Waals surface area (Å²) in [6.07, 6.45) is 9.48. The van der Waals surface area contributed by atoms with Gasteiger partial charge in [0.1, 0.15) is 23.8 Å². The van der Waals surface area contributed by atoms with Crippen molar-refractivity contribution < 1.29 is 13.9 Å². The molecular formula is C32H39ClF2N6OS. The van der Waals surface area contributed by atoms with Crippen molar-refractivity contribution in [1.82, 2.24) is 15.8 Å². The van der Waals surface area contributed by atoms with Crippen LogP contribution >= 0.6 is 23.4 Å². The first kappa shape index (κ1) is 31.6. The number of aliphatic hydroxyl groups is 1. The Morgan fingerprint density at radius 1 is 1.37 bits per heavy atom. The van der Waals surface area contributed by atoms with E-state index < -0.39 is 29.5 Å². The lowest BCUT2D eigenvalue weighted by Crippen LogP contribution is -2.44. The van der Waals surface area contributed by atoms with E-state index in [1.54, 1.807) is 31.0 Å². The molecule has 0 radical (unpaired) electrons. The highest BCUT2D eigenvalue weighted by Gasteiger charge is 2.49. The fourth-order valence-electron chi connectivity index (χ4n) is 6.07. The molecule has 5 rings (SSSR count). The van der Waals surface area contributed by atoms with Gasteiger partial charge in [-0.15, -0.1) is 11.8 Å². The van der Waals surface area contributed by atoms with E-state index in [0.29, 0.717) is 37.1 Å². The molecule has 0 aromatic heterocycles. The molecule has 4 aliphatic heterocycles. The smallest absolute Gasteiger partial charge is 0.124 e. The predicted molar refractivity (Wildman–Crippen MR) is 174 cm³/mol. The lowest BCUT2D eigenvalue weighted by atomic mass is 9.79. The van der Waals surface area contributed by atoms with Crippen LogP contribution in [-0.4, -0.2) is 65.4 Å². The van der Waals surface area contributed by atoms with Gasteiger partial charge in [0.15, 0.2) is 0 Å². The third kappa shape index (κ3) is 7.14. The van der Waals surface area contributed by atoms with Gasteiger partial charge in [0.2, 0.25) is 0 Å². The summed E-state index contributed by atoms with van der Waals surface area (Å²) in [7, 11) is 0. The number of aliphatic imine (C=N–C) groups is 3. The number of halogens is 3. The predicted octanol–water partition coefficient (Wildman–Crippen LogP) is 6.45. The second-order valence-corrected chi connectivity index (χ2v) is 13.0. The van der Waals surface area contributed by atoms with Crippen molar-refractivity contribution in [2.45, 2.75) is 70.3 Å². The lowest BCUT2D eigenvalue weighted by Gasteiger charge is -2.34. The molecule has 3 N–H and O–H groups in total. The maximum atomic E-state index is 14.2. The molecule has 11 heteroatoms. The highest BCUT2D eigenvalue weighted by atomic mass is 35.5. The van der Waals surface area contributed by atoms with Crippen LogP contribution in [0.25, 0.3) is 0 Å². The number of rotatable bonds is 11. The molecule has 1 aromatic carbocycles. The second kappa shape index (κ2) is 13.9. The van der Waals surface area contributed by atoms with E-state index >= 15 is 0 Å². The van der Waals surface area contributed by atoms with Crippen LogP contribution in [0, 0.1) is 11.2 Å². The van der Waals surface area contributed by atoms with E-state index in [4.69, 9.17) is 21.6 Å². The Balaban J connectivity index is 1.61. The maximum Gasteiger partial charge on any atom is 0.124 e. The number of amidine groups is 1. The molecule has 5 atom stereocenters. The summed E-state index contributed by atoms with van der Waals surface area (Å²) in [4.78, 5) is 16.3. The van der Waals surface area contributed by atoms with Crippen LogP contribution in [0.5, 0.6) is 0 Å². The third-order valence-electron chi connectivity index (χ3n) is 8.30. The Labute approximate surface area is 261 Å². The minimum Gasteiger partial charge on any atom is -0.386 e. The Morgan fingerprint density at radius 3 is 2.98 bits per heavy atom. The molecule has 230 valence electrons. The van der Waals surface area contributed by atoms with E-state index in [1.165, 1.54) is 12.1 Å². The zero-order valence-electron chi connectivity index (χ0n) is 24.6. The molecule has 43 heavy (non-hydrogen) atoms. The van der Waals surface area contributed by atoms with E-state index in [0.717, 1.165) is 47.9 Å². The zero-order chi connectivity index (χ0) is 30.6. The number of thioether (sulfide) groups is 1. The van der Waals surface area contributed by atoms with Crippen LogP contribution in [-0.2, 0) is 0 Å². The average Bonchev–Trinajstić information content (AvgIpc) is 3.48. The molecule has 0 amide bonds. The van der Waals surface area contributed by atoms with Crippen LogP contribution < -0.4 is 10.9 Å². The number of hydrazine groups is 1.